The van der Waals surface area contributed by atoms with Crippen LogP contribution in [0.3, 0.4) is 0 Å². The summed E-state index contributed by atoms with van der Waals surface area (Å²) >= 11 is 0. The highest BCUT2D eigenvalue weighted by Crippen LogP contribution is 2.20. The molecule has 1 aliphatic rings. The summed E-state index contributed by atoms with van der Waals surface area (Å²) in [6.07, 6.45) is 6.78. The van der Waals surface area contributed by atoms with Crippen LogP contribution >= 0.6 is 0 Å². The van der Waals surface area contributed by atoms with E-state index >= 15 is 0 Å². The largest absolute Gasteiger partial charge is 0.470 e. The lowest BCUT2D eigenvalue weighted by atomic mass is 10.1. The van der Waals surface area contributed by atoms with Crippen molar-refractivity contribution < 1.29 is 14.6 Å². The Balaban J connectivity index is 2.21. The molecule has 0 amide bonds. The first-order valence-electron chi connectivity index (χ1n) is 4.86. The number of methoxy groups -OCH3 is 1. The van der Waals surface area contributed by atoms with E-state index in [2.05, 4.69) is 6.08 Å². The van der Waals surface area contributed by atoms with Gasteiger partial charge in [0.25, 0.3) is 0 Å². The zero-order chi connectivity index (χ0) is 9.52. The van der Waals surface area contributed by atoms with Crippen LogP contribution in [0.1, 0.15) is 32.1 Å². The molecule has 0 saturated heterocycles. The van der Waals surface area contributed by atoms with Crippen molar-refractivity contribution in [3.63, 3.8) is 0 Å². The number of hydrogen-bond donors (Lipinski definition) is 1. The Labute approximate surface area is 79.3 Å². The lowest BCUT2D eigenvalue weighted by Crippen LogP contribution is -2.18. The molecular weight excluding hydrogens is 168 g/mol. The van der Waals surface area contributed by atoms with Gasteiger partial charge in [-0.2, -0.15) is 0 Å². The molecule has 3 nitrogen and oxygen atoms in total. The monoisotopic (exact) mass is 186 g/mol. The summed E-state index contributed by atoms with van der Waals surface area (Å²) < 4.78 is 10.7. The number of unbranched alkanes of at least 4 members (excludes halogenated alkanes) is 1. The number of allylic oxidation sites excluding steroid dienone is 2. The van der Waals surface area contributed by atoms with E-state index in [1.54, 1.807) is 7.11 Å². The number of hydrogen-bond acceptors (Lipinski definition) is 3. The van der Waals surface area contributed by atoms with Crippen molar-refractivity contribution >= 4 is 0 Å². The first-order valence-corrected chi connectivity index (χ1v) is 4.86. The summed E-state index contributed by atoms with van der Waals surface area (Å²) in [7, 11) is 1.67. The van der Waals surface area contributed by atoms with Crippen LogP contribution in [0.15, 0.2) is 11.8 Å². The van der Waals surface area contributed by atoms with Gasteiger partial charge in [0.05, 0.1) is 5.76 Å². The number of aliphatic hydroxyl groups is 1. The predicted octanol–water partition coefficient (Wildman–Crippen LogP) is 1.82. The van der Waals surface area contributed by atoms with Gasteiger partial charge in [-0.1, -0.05) is 0 Å². The van der Waals surface area contributed by atoms with Crippen LogP contribution in [0.25, 0.3) is 0 Å². The molecule has 13 heavy (non-hydrogen) atoms. The van der Waals surface area contributed by atoms with Crippen LogP contribution in [0.5, 0.6) is 0 Å². The molecule has 76 valence electrons. The van der Waals surface area contributed by atoms with Crippen molar-refractivity contribution in [1.82, 2.24) is 0 Å². The molecule has 1 N–H and O–H groups in total. The van der Waals surface area contributed by atoms with Gasteiger partial charge >= 0.3 is 0 Å². The summed E-state index contributed by atoms with van der Waals surface area (Å²) in [5.41, 5.74) is 0. The SMILES string of the molecule is COC1CCC=C(CCCCO)O1. The second kappa shape index (κ2) is 6.00. The molecule has 0 aromatic rings. The van der Waals surface area contributed by atoms with E-state index in [1.807, 2.05) is 0 Å². The highest BCUT2D eigenvalue weighted by Gasteiger charge is 2.14. The van der Waals surface area contributed by atoms with Gasteiger partial charge in [-0.25, -0.2) is 0 Å². The third-order valence-corrected chi connectivity index (χ3v) is 2.15. The van der Waals surface area contributed by atoms with E-state index in [1.165, 1.54) is 0 Å². The molecule has 1 rings (SSSR count). The number of rotatable bonds is 5. The minimum absolute atomic E-state index is 0.0610. The van der Waals surface area contributed by atoms with Gasteiger partial charge < -0.3 is 14.6 Å². The molecule has 3 heteroatoms. The van der Waals surface area contributed by atoms with E-state index in [0.29, 0.717) is 0 Å². The second-order valence-corrected chi connectivity index (χ2v) is 3.21. The molecule has 0 aromatic heterocycles. The maximum atomic E-state index is 8.61. The van der Waals surface area contributed by atoms with Gasteiger partial charge in [-0.15, -0.1) is 0 Å². The Kier molecular flexibility index (Phi) is 4.86. The van der Waals surface area contributed by atoms with Gasteiger partial charge in [0.2, 0.25) is 0 Å². The van der Waals surface area contributed by atoms with Crippen LogP contribution in [0, 0.1) is 0 Å². The fourth-order valence-corrected chi connectivity index (χ4v) is 1.39. The van der Waals surface area contributed by atoms with E-state index in [9.17, 15) is 0 Å². The Morgan fingerprint density at radius 3 is 3.15 bits per heavy atom. The number of ether oxygens (including phenoxy) is 2. The predicted molar refractivity (Wildman–Crippen MR) is 50.1 cm³/mol. The summed E-state index contributed by atoms with van der Waals surface area (Å²) in [5, 5.41) is 8.61. The zero-order valence-corrected chi connectivity index (χ0v) is 8.16. The molecule has 0 aliphatic carbocycles. The average molecular weight is 186 g/mol. The van der Waals surface area contributed by atoms with Crippen LogP contribution in [-0.4, -0.2) is 25.1 Å². The Morgan fingerprint density at radius 1 is 1.62 bits per heavy atom. The van der Waals surface area contributed by atoms with Gasteiger partial charge in [0.15, 0.2) is 6.29 Å². The van der Waals surface area contributed by atoms with Crippen molar-refractivity contribution in [3.8, 4) is 0 Å². The van der Waals surface area contributed by atoms with Crippen LogP contribution in [0.4, 0.5) is 0 Å². The molecule has 0 bridgehead atoms. The van der Waals surface area contributed by atoms with Gasteiger partial charge in [-0.3, -0.25) is 0 Å². The highest BCUT2D eigenvalue weighted by molar-refractivity contribution is 4.96. The van der Waals surface area contributed by atoms with Crippen LogP contribution < -0.4 is 0 Å². The Hall–Kier alpha value is -0.540. The quantitative estimate of drug-likeness (QED) is 0.665. The fourth-order valence-electron chi connectivity index (χ4n) is 1.39. The van der Waals surface area contributed by atoms with Gasteiger partial charge in [0, 0.05) is 26.6 Å². The van der Waals surface area contributed by atoms with E-state index in [-0.39, 0.29) is 12.9 Å². The lowest BCUT2D eigenvalue weighted by molar-refractivity contribution is -0.107. The fraction of sp³-hybridized carbons (Fsp3) is 0.800. The first-order chi connectivity index (χ1) is 6.36. The van der Waals surface area contributed by atoms with E-state index in [4.69, 9.17) is 14.6 Å². The molecule has 0 radical (unpaired) electrons. The van der Waals surface area contributed by atoms with Gasteiger partial charge in [-0.05, 0) is 25.3 Å². The highest BCUT2D eigenvalue weighted by atomic mass is 16.7. The van der Waals surface area contributed by atoms with Crippen LogP contribution in [0.2, 0.25) is 0 Å². The van der Waals surface area contributed by atoms with E-state index in [0.717, 1.165) is 37.9 Å². The van der Waals surface area contributed by atoms with Crippen LogP contribution in [-0.2, 0) is 9.47 Å². The lowest BCUT2D eigenvalue weighted by Gasteiger charge is -2.23. The minimum Gasteiger partial charge on any atom is -0.470 e. The smallest absolute Gasteiger partial charge is 0.199 e. The topological polar surface area (TPSA) is 38.7 Å². The summed E-state index contributed by atoms with van der Waals surface area (Å²) in [6, 6.07) is 0. The Bertz CT molecular complexity index is 166. The molecule has 0 fully saturated rings. The molecule has 1 unspecified atom stereocenters. The third-order valence-electron chi connectivity index (χ3n) is 2.15. The second-order valence-electron chi connectivity index (χ2n) is 3.21. The number of aliphatic hydroxyl groups excluding tert-OH is 1. The van der Waals surface area contributed by atoms with Crippen molar-refractivity contribution in [1.29, 1.82) is 0 Å². The van der Waals surface area contributed by atoms with Crippen molar-refractivity contribution in [2.45, 2.75) is 38.4 Å². The molecular formula is C10H18O3. The summed E-state index contributed by atoms with van der Waals surface area (Å²) in [6.45, 7) is 0.265. The Morgan fingerprint density at radius 2 is 2.46 bits per heavy atom. The molecule has 1 heterocycles. The molecule has 1 atom stereocenters. The molecule has 1 aliphatic heterocycles. The van der Waals surface area contributed by atoms with Gasteiger partial charge in [0.1, 0.15) is 0 Å². The van der Waals surface area contributed by atoms with E-state index < -0.39 is 0 Å². The molecule has 0 spiro atoms. The molecule has 0 aromatic carbocycles. The van der Waals surface area contributed by atoms with Crippen molar-refractivity contribution in [2.75, 3.05) is 13.7 Å². The maximum absolute atomic E-state index is 8.61. The standard InChI is InChI=1S/C10H18O3/c1-12-10-7-4-6-9(13-10)5-2-3-8-11/h6,10-11H,2-5,7-8H2,1H3. The third kappa shape index (κ3) is 3.79. The normalized spacial score (nSPS) is 22.3. The van der Waals surface area contributed by atoms with Crippen molar-refractivity contribution in [2.24, 2.45) is 0 Å². The average Bonchev–Trinajstić information content (AvgIpc) is 2.19. The summed E-state index contributed by atoms with van der Waals surface area (Å²) in [4.78, 5) is 0. The van der Waals surface area contributed by atoms with Crippen molar-refractivity contribution in [3.05, 3.63) is 11.8 Å². The zero-order valence-electron chi connectivity index (χ0n) is 8.16. The summed E-state index contributed by atoms with van der Waals surface area (Å²) in [5.74, 6) is 1.02. The molecule has 0 saturated carbocycles. The first kappa shape index (κ1) is 10.5. The minimum atomic E-state index is -0.0610. The maximum Gasteiger partial charge on any atom is 0.199 e.